The summed E-state index contributed by atoms with van der Waals surface area (Å²) >= 11 is 3.38. The number of carbonyl (C=O) groups excluding carboxylic acids is 3. The van der Waals surface area contributed by atoms with Crippen LogP contribution >= 0.6 is 15.9 Å². The molecule has 0 radical (unpaired) electrons. The van der Waals surface area contributed by atoms with E-state index in [2.05, 4.69) is 15.9 Å². The molecule has 0 aliphatic carbocycles. The van der Waals surface area contributed by atoms with Crippen molar-refractivity contribution in [2.24, 2.45) is 0 Å². The Labute approximate surface area is 172 Å². The number of nitrogens with zero attached hydrogens (tertiary/aromatic N) is 1. The van der Waals surface area contributed by atoms with E-state index >= 15 is 0 Å². The predicted octanol–water partition coefficient (Wildman–Crippen LogP) is 4.53. The van der Waals surface area contributed by atoms with Gasteiger partial charge in [0.25, 0.3) is 11.7 Å². The summed E-state index contributed by atoms with van der Waals surface area (Å²) in [5, 5.41) is 0. The maximum Gasteiger partial charge on any atom is 0.331 e. The van der Waals surface area contributed by atoms with Crippen LogP contribution in [0.5, 0.6) is 0 Å². The standard InChI is InChI=1S/C22H20BrNO4/c1-22(2,3)28-19(25)11-7-14-6-10-18-17(12-14)20(26)21(27)24(18)13-15-4-8-16(23)9-5-15/h4-12H,13H2,1-3H3/b11-7+. The van der Waals surface area contributed by atoms with Crippen LogP contribution in [0.4, 0.5) is 5.69 Å². The molecule has 144 valence electrons. The number of ketones is 1. The van der Waals surface area contributed by atoms with Gasteiger partial charge >= 0.3 is 5.97 Å². The maximum atomic E-state index is 12.4. The van der Waals surface area contributed by atoms with Crippen LogP contribution in [0, 0.1) is 0 Å². The largest absolute Gasteiger partial charge is 0.457 e. The molecule has 6 heteroatoms. The van der Waals surface area contributed by atoms with Crippen LogP contribution in [0.15, 0.2) is 53.0 Å². The van der Waals surface area contributed by atoms with Crippen molar-refractivity contribution in [3.05, 3.63) is 69.7 Å². The van der Waals surface area contributed by atoms with Crippen molar-refractivity contribution in [2.75, 3.05) is 4.90 Å². The molecule has 0 spiro atoms. The van der Waals surface area contributed by atoms with Gasteiger partial charge in [0.15, 0.2) is 0 Å². The van der Waals surface area contributed by atoms with Gasteiger partial charge in [0.05, 0.1) is 17.8 Å². The molecule has 0 saturated carbocycles. The Balaban J connectivity index is 1.81. The Morgan fingerprint density at radius 1 is 1.11 bits per heavy atom. The quantitative estimate of drug-likeness (QED) is 0.397. The lowest BCUT2D eigenvalue weighted by molar-refractivity contribution is -0.148. The first-order valence-electron chi connectivity index (χ1n) is 8.80. The number of hydrogen-bond acceptors (Lipinski definition) is 4. The Hall–Kier alpha value is -2.73. The summed E-state index contributed by atoms with van der Waals surface area (Å²) in [5.74, 6) is -1.56. The first-order valence-corrected chi connectivity index (χ1v) is 9.59. The molecule has 3 rings (SSSR count). The smallest absolute Gasteiger partial charge is 0.331 e. The van der Waals surface area contributed by atoms with Crippen molar-refractivity contribution >= 4 is 45.4 Å². The Kier molecular flexibility index (Phi) is 5.52. The van der Waals surface area contributed by atoms with Gasteiger partial charge in [0.2, 0.25) is 0 Å². The highest BCUT2D eigenvalue weighted by molar-refractivity contribution is 9.10. The minimum atomic E-state index is -0.574. The molecule has 1 amide bonds. The molecule has 0 N–H and O–H groups in total. The number of halogens is 1. The van der Waals surface area contributed by atoms with E-state index in [0.717, 1.165) is 10.0 Å². The van der Waals surface area contributed by atoms with Crippen LogP contribution in [-0.2, 0) is 20.9 Å². The van der Waals surface area contributed by atoms with Crippen LogP contribution < -0.4 is 4.90 Å². The zero-order valence-corrected chi connectivity index (χ0v) is 17.4. The molecule has 1 aliphatic rings. The van der Waals surface area contributed by atoms with Crippen LogP contribution in [0.2, 0.25) is 0 Å². The number of ether oxygens (including phenoxy) is 1. The summed E-state index contributed by atoms with van der Waals surface area (Å²) in [7, 11) is 0. The maximum absolute atomic E-state index is 12.4. The number of anilines is 1. The predicted molar refractivity (Wildman–Crippen MR) is 111 cm³/mol. The molecule has 0 saturated heterocycles. The Bertz CT molecular complexity index is 971. The molecule has 0 aromatic heterocycles. The van der Waals surface area contributed by atoms with Crippen molar-refractivity contribution in [3.8, 4) is 0 Å². The van der Waals surface area contributed by atoms with E-state index in [4.69, 9.17) is 4.74 Å². The second-order valence-electron chi connectivity index (χ2n) is 7.49. The SMILES string of the molecule is CC(C)(C)OC(=O)/C=C/c1ccc2c(c1)C(=O)C(=O)N2Cc1ccc(Br)cc1. The molecule has 5 nitrogen and oxygen atoms in total. The van der Waals surface area contributed by atoms with Crippen molar-refractivity contribution < 1.29 is 19.1 Å². The minimum absolute atomic E-state index is 0.317. The fourth-order valence-electron chi connectivity index (χ4n) is 2.85. The third-order valence-electron chi connectivity index (χ3n) is 4.07. The molecule has 28 heavy (non-hydrogen) atoms. The third kappa shape index (κ3) is 4.57. The molecule has 1 heterocycles. The number of carbonyl (C=O) groups is 3. The van der Waals surface area contributed by atoms with Gasteiger partial charge in [-0.05, 0) is 62.2 Å². The zero-order valence-electron chi connectivity index (χ0n) is 15.9. The van der Waals surface area contributed by atoms with Crippen LogP contribution in [0.3, 0.4) is 0 Å². The summed E-state index contributed by atoms with van der Waals surface area (Å²) in [4.78, 5) is 38.2. The average molecular weight is 442 g/mol. The molecule has 0 fully saturated rings. The third-order valence-corrected chi connectivity index (χ3v) is 4.60. The zero-order chi connectivity index (χ0) is 20.5. The fourth-order valence-corrected chi connectivity index (χ4v) is 3.12. The Morgan fingerprint density at radius 2 is 1.79 bits per heavy atom. The topological polar surface area (TPSA) is 63.7 Å². The van der Waals surface area contributed by atoms with Gasteiger partial charge in [-0.3, -0.25) is 9.59 Å². The van der Waals surface area contributed by atoms with Crippen LogP contribution in [0.1, 0.15) is 42.3 Å². The van der Waals surface area contributed by atoms with Crippen molar-refractivity contribution in [2.45, 2.75) is 32.9 Å². The lowest BCUT2D eigenvalue weighted by atomic mass is 10.1. The number of esters is 1. The number of hydrogen-bond donors (Lipinski definition) is 0. The fraction of sp³-hybridized carbons (Fsp3) is 0.227. The molecular formula is C22H20BrNO4. The normalized spacial score (nSPS) is 13.9. The van der Waals surface area contributed by atoms with E-state index in [0.29, 0.717) is 23.4 Å². The van der Waals surface area contributed by atoms with Crippen molar-refractivity contribution in [1.29, 1.82) is 0 Å². The number of amides is 1. The second kappa shape index (κ2) is 7.72. The molecule has 2 aromatic rings. The molecular weight excluding hydrogens is 422 g/mol. The molecule has 2 aromatic carbocycles. The van der Waals surface area contributed by atoms with Gasteiger partial charge < -0.3 is 9.64 Å². The Morgan fingerprint density at radius 3 is 2.43 bits per heavy atom. The summed E-state index contributed by atoms with van der Waals surface area (Å²) in [6, 6.07) is 12.7. The van der Waals surface area contributed by atoms with E-state index in [1.165, 1.54) is 11.0 Å². The highest BCUT2D eigenvalue weighted by Crippen LogP contribution is 2.31. The van der Waals surface area contributed by atoms with Gasteiger partial charge in [-0.1, -0.05) is 34.1 Å². The monoisotopic (exact) mass is 441 g/mol. The highest BCUT2D eigenvalue weighted by atomic mass is 79.9. The van der Waals surface area contributed by atoms with E-state index in [1.807, 2.05) is 24.3 Å². The lowest BCUT2D eigenvalue weighted by Gasteiger charge is -2.18. The average Bonchev–Trinajstić information content (AvgIpc) is 2.85. The molecule has 0 atom stereocenters. The second-order valence-corrected chi connectivity index (χ2v) is 8.41. The molecule has 0 unspecified atom stereocenters. The lowest BCUT2D eigenvalue weighted by Crippen LogP contribution is -2.29. The van der Waals surface area contributed by atoms with E-state index in [-0.39, 0.29) is 0 Å². The van der Waals surface area contributed by atoms with Gasteiger partial charge in [-0.15, -0.1) is 0 Å². The van der Waals surface area contributed by atoms with Crippen molar-refractivity contribution in [3.63, 3.8) is 0 Å². The first-order chi connectivity index (χ1) is 13.1. The van der Waals surface area contributed by atoms with Crippen LogP contribution in [-0.4, -0.2) is 23.3 Å². The van der Waals surface area contributed by atoms with E-state index in [9.17, 15) is 14.4 Å². The van der Waals surface area contributed by atoms with Gasteiger partial charge in [0, 0.05) is 10.5 Å². The van der Waals surface area contributed by atoms with E-state index < -0.39 is 23.3 Å². The summed E-state index contributed by atoms with van der Waals surface area (Å²) in [6.45, 7) is 5.69. The summed E-state index contributed by atoms with van der Waals surface area (Å²) in [6.07, 6.45) is 2.89. The van der Waals surface area contributed by atoms with Gasteiger partial charge in [-0.2, -0.15) is 0 Å². The molecule has 1 aliphatic heterocycles. The number of Topliss-reactive ketones (excluding diaryl/α,β-unsaturated/α-hetero) is 1. The summed E-state index contributed by atoms with van der Waals surface area (Å²) < 4.78 is 6.17. The number of fused-ring (bicyclic) bond motifs is 1. The number of benzene rings is 2. The highest BCUT2D eigenvalue weighted by Gasteiger charge is 2.35. The molecule has 0 bridgehead atoms. The summed E-state index contributed by atoms with van der Waals surface area (Å²) in [5.41, 5.74) is 1.91. The van der Waals surface area contributed by atoms with Gasteiger partial charge in [-0.25, -0.2) is 4.79 Å². The minimum Gasteiger partial charge on any atom is -0.457 e. The van der Waals surface area contributed by atoms with Crippen molar-refractivity contribution in [1.82, 2.24) is 0 Å². The number of rotatable bonds is 4. The van der Waals surface area contributed by atoms with E-state index in [1.54, 1.807) is 45.0 Å². The van der Waals surface area contributed by atoms with Gasteiger partial charge in [0.1, 0.15) is 5.60 Å². The van der Waals surface area contributed by atoms with Crippen LogP contribution in [0.25, 0.3) is 6.08 Å². The first kappa shape index (κ1) is 20.0.